The Balaban J connectivity index is 2.07. The van der Waals surface area contributed by atoms with E-state index in [4.69, 9.17) is 10.7 Å². The van der Waals surface area contributed by atoms with Gasteiger partial charge in [0.05, 0.1) is 11.0 Å². The third kappa shape index (κ3) is 2.19. The number of hydrogen-bond donors (Lipinski definition) is 2. The zero-order chi connectivity index (χ0) is 13.2. The number of nitrogens with zero attached hydrogens (tertiary/aromatic N) is 1. The van der Waals surface area contributed by atoms with E-state index in [9.17, 15) is 0 Å². The molecular weight excluding hydrogens is 234 g/mol. The van der Waals surface area contributed by atoms with Crippen LogP contribution in [0, 0.1) is 0 Å². The van der Waals surface area contributed by atoms with Crippen molar-refractivity contribution in [3.8, 4) is 0 Å². The van der Waals surface area contributed by atoms with Crippen molar-refractivity contribution >= 4 is 16.7 Å². The summed E-state index contributed by atoms with van der Waals surface area (Å²) in [6.45, 7) is 2.18. The van der Waals surface area contributed by atoms with Crippen LogP contribution in [0.5, 0.6) is 0 Å². The largest absolute Gasteiger partial charge is 0.399 e. The summed E-state index contributed by atoms with van der Waals surface area (Å²) in [4.78, 5) is 8.09. The highest BCUT2D eigenvalue weighted by Gasteiger charge is 2.15. The summed E-state index contributed by atoms with van der Waals surface area (Å²) < 4.78 is 0. The Morgan fingerprint density at radius 1 is 1.16 bits per heavy atom. The molecule has 0 aliphatic carbocycles. The third-order valence-electron chi connectivity index (χ3n) is 3.46. The van der Waals surface area contributed by atoms with E-state index in [-0.39, 0.29) is 0 Å². The van der Waals surface area contributed by atoms with Crippen LogP contribution < -0.4 is 5.73 Å². The van der Waals surface area contributed by atoms with Crippen LogP contribution >= 0.6 is 0 Å². The van der Waals surface area contributed by atoms with Crippen molar-refractivity contribution in [2.45, 2.75) is 19.3 Å². The van der Waals surface area contributed by atoms with E-state index in [0.717, 1.165) is 29.0 Å². The second kappa shape index (κ2) is 4.76. The molecule has 2 aromatic carbocycles. The molecule has 1 heterocycles. The summed E-state index contributed by atoms with van der Waals surface area (Å²) in [6.07, 6.45) is 1.01. The number of anilines is 1. The number of aromatic nitrogens is 2. The fourth-order valence-corrected chi connectivity index (χ4v) is 2.48. The molecule has 1 aromatic heterocycles. The SMILES string of the molecule is CCC(c1ccccc1)c1nc2ccc(N)cc2[nH]1. The molecule has 1 unspecified atom stereocenters. The van der Waals surface area contributed by atoms with Crippen LogP contribution in [0.2, 0.25) is 0 Å². The van der Waals surface area contributed by atoms with Gasteiger partial charge in [-0.05, 0) is 30.2 Å². The predicted molar refractivity (Wildman–Crippen MR) is 79.1 cm³/mol. The second-order valence-corrected chi connectivity index (χ2v) is 4.77. The lowest BCUT2D eigenvalue weighted by Crippen LogP contribution is -2.01. The number of hydrogen-bond acceptors (Lipinski definition) is 2. The van der Waals surface area contributed by atoms with E-state index in [0.29, 0.717) is 5.92 Å². The fraction of sp³-hybridized carbons (Fsp3) is 0.188. The van der Waals surface area contributed by atoms with Crippen LogP contribution in [-0.2, 0) is 0 Å². The van der Waals surface area contributed by atoms with E-state index in [1.54, 1.807) is 0 Å². The van der Waals surface area contributed by atoms with Crippen molar-refractivity contribution in [3.63, 3.8) is 0 Å². The van der Waals surface area contributed by atoms with Crippen molar-refractivity contribution in [1.29, 1.82) is 0 Å². The maximum absolute atomic E-state index is 5.81. The van der Waals surface area contributed by atoms with Crippen LogP contribution in [0.3, 0.4) is 0 Å². The van der Waals surface area contributed by atoms with Crippen LogP contribution in [0.1, 0.15) is 30.7 Å². The number of nitrogen functional groups attached to an aromatic ring is 1. The molecule has 0 aliphatic rings. The average molecular weight is 251 g/mol. The molecular formula is C16H17N3. The van der Waals surface area contributed by atoms with Gasteiger partial charge in [0.2, 0.25) is 0 Å². The molecule has 96 valence electrons. The summed E-state index contributed by atoms with van der Waals surface area (Å²) >= 11 is 0. The first-order chi connectivity index (χ1) is 9.28. The van der Waals surface area contributed by atoms with E-state index in [1.807, 2.05) is 24.3 Å². The zero-order valence-corrected chi connectivity index (χ0v) is 10.9. The topological polar surface area (TPSA) is 54.7 Å². The van der Waals surface area contributed by atoms with E-state index < -0.39 is 0 Å². The lowest BCUT2D eigenvalue weighted by molar-refractivity contribution is 0.732. The molecule has 3 aromatic rings. The lowest BCUT2D eigenvalue weighted by atomic mass is 9.96. The Morgan fingerprint density at radius 2 is 1.95 bits per heavy atom. The molecule has 0 amide bonds. The molecule has 0 radical (unpaired) electrons. The van der Waals surface area contributed by atoms with Gasteiger partial charge in [-0.15, -0.1) is 0 Å². The number of nitrogens with two attached hydrogens (primary N) is 1. The summed E-state index contributed by atoms with van der Waals surface area (Å²) in [5, 5.41) is 0. The van der Waals surface area contributed by atoms with Crippen molar-refractivity contribution in [3.05, 3.63) is 59.9 Å². The average Bonchev–Trinajstić information content (AvgIpc) is 2.83. The normalized spacial score (nSPS) is 12.7. The molecule has 19 heavy (non-hydrogen) atoms. The minimum Gasteiger partial charge on any atom is -0.399 e. The lowest BCUT2D eigenvalue weighted by Gasteiger charge is -2.12. The maximum atomic E-state index is 5.81. The first-order valence-corrected chi connectivity index (χ1v) is 6.58. The van der Waals surface area contributed by atoms with Crippen molar-refractivity contribution in [2.24, 2.45) is 0 Å². The molecule has 0 saturated carbocycles. The van der Waals surface area contributed by atoms with E-state index in [1.165, 1.54) is 5.56 Å². The summed E-state index contributed by atoms with van der Waals surface area (Å²) in [7, 11) is 0. The minimum atomic E-state index is 0.301. The molecule has 3 rings (SSSR count). The number of nitrogens with one attached hydrogen (secondary N) is 1. The second-order valence-electron chi connectivity index (χ2n) is 4.77. The van der Waals surface area contributed by atoms with Crippen LogP contribution in [-0.4, -0.2) is 9.97 Å². The van der Waals surface area contributed by atoms with E-state index in [2.05, 4.69) is 36.2 Å². The van der Waals surface area contributed by atoms with Crippen LogP contribution in [0.25, 0.3) is 11.0 Å². The van der Waals surface area contributed by atoms with Gasteiger partial charge in [-0.1, -0.05) is 37.3 Å². The van der Waals surface area contributed by atoms with Gasteiger partial charge in [0, 0.05) is 11.6 Å². The minimum absolute atomic E-state index is 0.301. The highest BCUT2D eigenvalue weighted by molar-refractivity contribution is 5.78. The first-order valence-electron chi connectivity index (χ1n) is 6.58. The van der Waals surface area contributed by atoms with Crippen molar-refractivity contribution in [2.75, 3.05) is 5.73 Å². The zero-order valence-electron chi connectivity index (χ0n) is 10.9. The number of rotatable bonds is 3. The molecule has 3 N–H and O–H groups in total. The Labute approximate surface area is 112 Å². The predicted octanol–water partition coefficient (Wildman–Crippen LogP) is 3.69. The molecule has 1 atom stereocenters. The number of aromatic amines is 1. The fourth-order valence-electron chi connectivity index (χ4n) is 2.48. The molecule has 3 nitrogen and oxygen atoms in total. The van der Waals surface area contributed by atoms with Crippen molar-refractivity contribution in [1.82, 2.24) is 9.97 Å². The van der Waals surface area contributed by atoms with Crippen LogP contribution in [0.15, 0.2) is 48.5 Å². The highest BCUT2D eigenvalue weighted by Crippen LogP contribution is 2.27. The monoisotopic (exact) mass is 251 g/mol. The molecule has 0 saturated heterocycles. The third-order valence-corrected chi connectivity index (χ3v) is 3.46. The highest BCUT2D eigenvalue weighted by atomic mass is 14.9. The molecule has 0 fully saturated rings. The van der Waals surface area contributed by atoms with E-state index >= 15 is 0 Å². The van der Waals surface area contributed by atoms with Gasteiger partial charge in [-0.2, -0.15) is 0 Å². The quantitative estimate of drug-likeness (QED) is 0.697. The first kappa shape index (κ1) is 11.8. The Bertz CT molecular complexity index is 686. The van der Waals surface area contributed by atoms with Gasteiger partial charge in [0.25, 0.3) is 0 Å². The Hall–Kier alpha value is -2.29. The van der Waals surface area contributed by atoms with Gasteiger partial charge in [0.1, 0.15) is 5.82 Å². The Kier molecular flexibility index (Phi) is 2.95. The van der Waals surface area contributed by atoms with Gasteiger partial charge in [-0.3, -0.25) is 0 Å². The Morgan fingerprint density at radius 3 is 2.68 bits per heavy atom. The number of fused-ring (bicyclic) bond motifs is 1. The van der Waals surface area contributed by atoms with Crippen LogP contribution in [0.4, 0.5) is 5.69 Å². The summed E-state index contributed by atoms with van der Waals surface area (Å²) in [6, 6.07) is 16.3. The number of H-pyrrole nitrogens is 1. The van der Waals surface area contributed by atoms with Gasteiger partial charge in [0.15, 0.2) is 0 Å². The van der Waals surface area contributed by atoms with Gasteiger partial charge >= 0.3 is 0 Å². The smallest absolute Gasteiger partial charge is 0.114 e. The standard InChI is InChI=1S/C16H17N3/c1-2-13(11-6-4-3-5-7-11)16-18-14-9-8-12(17)10-15(14)19-16/h3-10,13H,2,17H2,1H3,(H,18,19). The van der Waals surface area contributed by atoms with Gasteiger partial charge < -0.3 is 10.7 Å². The molecule has 0 bridgehead atoms. The molecule has 0 spiro atoms. The van der Waals surface area contributed by atoms with Crippen molar-refractivity contribution < 1.29 is 0 Å². The number of benzene rings is 2. The number of imidazole rings is 1. The maximum Gasteiger partial charge on any atom is 0.114 e. The molecule has 3 heteroatoms. The summed E-state index contributed by atoms with van der Waals surface area (Å²) in [5.41, 5.74) is 9.83. The molecule has 0 aliphatic heterocycles. The van der Waals surface area contributed by atoms with Gasteiger partial charge in [-0.25, -0.2) is 4.98 Å². The summed E-state index contributed by atoms with van der Waals surface area (Å²) in [5.74, 6) is 1.31.